The zero-order valence-electron chi connectivity index (χ0n) is 10.5. The summed E-state index contributed by atoms with van der Waals surface area (Å²) in [6.07, 6.45) is 3.01. The van der Waals surface area contributed by atoms with E-state index in [2.05, 4.69) is 10.1 Å². The average Bonchev–Trinajstić information content (AvgIpc) is 2.97. The summed E-state index contributed by atoms with van der Waals surface area (Å²) in [6.45, 7) is 0. The molecule has 0 radical (unpaired) electrons. The summed E-state index contributed by atoms with van der Waals surface area (Å²) < 4.78 is 0. The number of benzene rings is 2. The maximum Gasteiger partial charge on any atom is 0.139 e. The summed E-state index contributed by atoms with van der Waals surface area (Å²) in [7, 11) is 0. The lowest BCUT2D eigenvalue weighted by atomic mass is 10.2. The van der Waals surface area contributed by atoms with Crippen LogP contribution in [0.1, 0.15) is 0 Å². The highest BCUT2D eigenvalue weighted by atomic mass is 16.3. The van der Waals surface area contributed by atoms with Crippen LogP contribution in [-0.4, -0.2) is 25.1 Å². The molecule has 0 atom stereocenters. The second kappa shape index (κ2) is 4.93. The van der Waals surface area contributed by atoms with Gasteiger partial charge in [0.2, 0.25) is 0 Å². The molecule has 0 aliphatic carbocycles. The molecule has 3 rings (SSSR count). The fourth-order valence-corrected chi connectivity index (χ4v) is 1.88. The Bertz CT molecular complexity index is 633. The zero-order chi connectivity index (χ0) is 13.9. The lowest BCUT2D eigenvalue weighted by Crippen LogP contribution is -2.24. The van der Waals surface area contributed by atoms with Crippen molar-refractivity contribution in [3.63, 3.8) is 0 Å². The number of hydrogen-bond acceptors (Lipinski definition) is 5. The SMILES string of the molecule is Oc1ccc(N(c2ccc(O)cc2)n2cncn2)cc1. The molecular formula is C14H12N4O2. The molecule has 100 valence electrons. The lowest BCUT2D eigenvalue weighted by Gasteiger charge is -2.24. The minimum absolute atomic E-state index is 0.193. The second-order valence-electron chi connectivity index (χ2n) is 4.16. The van der Waals surface area contributed by atoms with Crippen molar-refractivity contribution in [3.8, 4) is 11.5 Å². The van der Waals surface area contributed by atoms with Crippen LogP contribution in [0.4, 0.5) is 11.4 Å². The van der Waals surface area contributed by atoms with Crippen LogP contribution in [0.3, 0.4) is 0 Å². The van der Waals surface area contributed by atoms with Gasteiger partial charge in [0, 0.05) is 0 Å². The summed E-state index contributed by atoms with van der Waals surface area (Å²) in [5, 5.41) is 24.7. The fourth-order valence-electron chi connectivity index (χ4n) is 1.88. The van der Waals surface area contributed by atoms with E-state index in [-0.39, 0.29) is 11.5 Å². The van der Waals surface area contributed by atoms with Gasteiger partial charge in [-0.15, -0.1) is 5.10 Å². The molecule has 0 fully saturated rings. The third-order valence-corrected chi connectivity index (χ3v) is 2.80. The van der Waals surface area contributed by atoms with Crippen LogP contribution < -0.4 is 5.01 Å². The third kappa shape index (κ3) is 2.26. The summed E-state index contributed by atoms with van der Waals surface area (Å²) in [6, 6.07) is 13.5. The van der Waals surface area contributed by atoms with Crippen LogP contribution in [0.15, 0.2) is 61.2 Å². The highest BCUT2D eigenvalue weighted by Gasteiger charge is 2.12. The Balaban J connectivity index is 2.09. The Morgan fingerprint density at radius 3 is 1.70 bits per heavy atom. The minimum atomic E-state index is 0.193. The molecule has 0 saturated heterocycles. The Labute approximate surface area is 115 Å². The van der Waals surface area contributed by atoms with Gasteiger partial charge in [0.25, 0.3) is 0 Å². The Hall–Kier alpha value is -3.02. The number of hydrogen-bond donors (Lipinski definition) is 2. The van der Waals surface area contributed by atoms with Gasteiger partial charge in [0.15, 0.2) is 0 Å². The van der Waals surface area contributed by atoms with Crippen molar-refractivity contribution in [1.82, 2.24) is 14.9 Å². The van der Waals surface area contributed by atoms with E-state index in [1.807, 2.05) is 0 Å². The number of aromatic nitrogens is 3. The summed E-state index contributed by atoms with van der Waals surface area (Å²) in [5.74, 6) is 0.385. The Morgan fingerprint density at radius 2 is 1.30 bits per heavy atom. The number of phenols is 2. The van der Waals surface area contributed by atoms with Crippen LogP contribution in [0.25, 0.3) is 0 Å². The molecule has 0 bridgehead atoms. The topological polar surface area (TPSA) is 74.4 Å². The van der Waals surface area contributed by atoms with Gasteiger partial charge in [-0.25, -0.2) is 9.99 Å². The molecule has 20 heavy (non-hydrogen) atoms. The van der Waals surface area contributed by atoms with E-state index in [1.54, 1.807) is 64.7 Å². The van der Waals surface area contributed by atoms with E-state index >= 15 is 0 Å². The van der Waals surface area contributed by atoms with Crippen molar-refractivity contribution in [2.75, 3.05) is 5.01 Å². The molecule has 0 unspecified atom stereocenters. The first-order valence-corrected chi connectivity index (χ1v) is 5.97. The van der Waals surface area contributed by atoms with Gasteiger partial charge < -0.3 is 10.2 Å². The maximum absolute atomic E-state index is 9.39. The van der Waals surface area contributed by atoms with Crippen LogP contribution in [0.5, 0.6) is 11.5 Å². The van der Waals surface area contributed by atoms with Crippen LogP contribution in [0, 0.1) is 0 Å². The second-order valence-corrected chi connectivity index (χ2v) is 4.16. The third-order valence-electron chi connectivity index (χ3n) is 2.80. The molecule has 6 heteroatoms. The van der Waals surface area contributed by atoms with E-state index in [0.29, 0.717) is 0 Å². The number of anilines is 2. The number of aromatic hydroxyl groups is 2. The Morgan fingerprint density at radius 1 is 0.800 bits per heavy atom. The van der Waals surface area contributed by atoms with Crippen LogP contribution in [-0.2, 0) is 0 Å². The fraction of sp³-hybridized carbons (Fsp3) is 0. The molecule has 2 N–H and O–H groups in total. The van der Waals surface area contributed by atoms with Gasteiger partial charge in [-0.05, 0) is 48.5 Å². The average molecular weight is 268 g/mol. The van der Waals surface area contributed by atoms with E-state index in [1.165, 1.54) is 6.33 Å². The molecule has 0 amide bonds. The van der Waals surface area contributed by atoms with Gasteiger partial charge in [0.1, 0.15) is 24.2 Å². The highest BCUT2D eigenvalue weighted by molar-refractivity contribution is 5.63. The molecule has 0 aliphatic heterocycles. The van der Waals surface area contributed by atoms with Crippen molar-refractivity contribution < 1.29 is 10.2 Å². The van der Waals surface area contributed by atoms with Crippen molar-refractivity contribution in [1.29, 1.82) is 0 Å². The predicted molar refractivity (Wildman–Crippen MR) is 73.8 cm³/mol. The number of rotatable bonds is 3. The first-order chi connectivity index (χ1) is 9.74. The molecule has 2 aromatic carbocycles. The van der Waals surface area contributed by atoms with Crippen LogP contribution >= 0.6 is 0 Å². The normalized spacial score (nSPS) is 10.4. The van der Waals surface area contributed by atoms with Crippen molar-refractivity contribution in [3.05, 3.63) is 61.2 Å². The smallest absolute Gasteiger partial charge is 0.139 e. The van der Waals surface area contributed by atoms with Gasteiger partial charge in [-0.3, -0.25) is 0 Å². The standard InChI is InChI=1S/C14H12N4O2/c19-13-5-1-11(2-6-13)18(17-10-15-9-16-17)12-3-7-14(20)8-4-12/h1-10,19-20H. The molecule has 0 aliphatic rings. The molecule has 3 aromatic rings. The molecule has 1 aromatic heterocycles. The first-order valence-electron chi connectivity index (χ1n) is 5.97. The minimum Gasteiger partial charge on any atom is -0.508 e. The van der Waals surface area contributed by atoms with E-state index in [0.717, 1.165) is 11.4 Å². The summed E-state index contributed by atoms with van der Waals surface area (Å²) in [4.78, 5) is 5.51. The van der Waals surface area contributed by atoms with E-state index < -0.39 is 0 Å². The molecular weight excluding hydrogens is 256 g/mol. The van der Waals surface area contributed by atoms with Gasteiger partial charge in [-0.1, -0.05) is 0 Å². The summed E-state index contributed by atoms with van der Waals surface area (Å²) in [5.41, 5.74) is 1.61. The monoisotopic (exact) mass is 268 g/mol. The molecule has 0 spiro atoms. The number of nitrogens with zero attached hydrogens (tertiary/aromatic N) is 4. The summed E-state index contributed by atoms with van der Waals surface area (Å²) >= 11 is 0. The van der Waals surface area contributed by atoms with Crippen molar-refractivity contribution >= 4 is 11.4 Å². The van der Waals surface area contributed by atoms with E-state index in [9.17, 15) is 10.2 Å². The largest absolute Gasteiger partial charge is 0.508 e. The van der Waals surface area contributed by atoms with Gasteiger partial charge in [-0.2, -0.15) is 4.79 Å². The van der Waals surface area contributed by atoms with Crippen molar-refractivity contribution in [2.45, 2.75) is 0 Å². The zero-order valence-corrected chi connectivity index (χ0v) is 10.5. The van der Waals surface area contributed by atoms with Gasteiger partial charge >= 0.3 is 0 Å². The van der Waals surface area contributed by atoms with E-state index in [4.69, 9.17) is 0 Å². The van der Waals surface area contributed by atoms with Gasteiger partial charge in [0.05, 0.1) is 11.4 Å². The molecule has 6 nitrogen and oxygen atoms in total. The quantitative estimate of drug-likeness (QED) is 0.762. The maximum atomic E-state index is 9.39. The first kappa shape index (κ1) is 12.0. The highest BCUT2D eigenvalue weighted by Crippen LogP contribution is 2.28. The van der Waals surface area contributed by atoms with Crippen LogP contribution in [0.2, 0.25) is 0 Å². The predicted octanol–water partition coefficient (Wildman–Crippen LogP) is 2.29. The number of phenolic OH excluding ortho intramolecular Hbond substituents is 2. The van der Waals surface area contributed by atoms with Crippen molar-refractivity contribution in [2.24, 2.45) is 0 Å². The molecule has 0 saturated carbocycles. The molecule has 1 heterocycles. The lowest BCUT2D eigenvalue weighted by molar-refractivity contribution is 0.475. The Kier molecular flexibility index (Phi) is 2.96.